The molecule has 0 spiro atoms. The van der Waals surface area contributed by atoms with Crippen LogP contribution in [0.3, 0.4) is 0 Å². The number of likely N-dealkylation sites (N-methyl/N-ethyl adjacent to an activating group) is 1. The van der Waals surface area contributed by atoms with E-state index in [-0.39, 0.29) is 0 Å². The molecule has 0 radical (unpaired) electrons. The molecule has 4 rings (SSSR count). The van der Waals surface area contributed by atoms with Gasteiger partial charge in [-0.15, -0.1) is 0 Å². The highest BCUT2D eigenvalue weighted by Gasteiger charge is 2.33. The first kappa shape index (κ1) is 16.2. The summed E-state index contributed by atoms with van der Waals surface area (Å²) in [6.45, 7) is 2.13. The zero-order valence-corrected chi connectivity index (χ0v) is 15.2. The van der Waals surface area contributed by atoms with E-state index >= 15 is 0 Å². The fourth-order valence-corrected chi connectivity index (χ4v) is 4.36. The van der Waals surface area contributed by atoms with Gasteiger partial charge in [-0.2, -0.15) is 0 Å². The van der Waals surface area contributed by atoms with Gasteiger partial charge in [-0.1, -0.05) is 42.0 Å². The molecule has 3 nitrogen and oxygen atoms in total. The topological polar surface area (TPSA) is 21.7 Å². The van der Waals surface area contributed by atoms with Crippen LogP contribution < -0.4 is 9.47 Å². The van der Waals surface area contributed by atoms with Crippen molar-refractivity contribution in [3.8, 4) is 11.5 Å². The van der Waals surface area contributed by atoms with Crippen LogP contribution in [-0.2, 0) is 6.42 Å². The number of hydrogen-bond acceptors (Lipinski definition) is 3. The molecule has 0 aromatic heterocycles. The van der Waals surface area contributed by atoms with Gasteiger partial charge in [0, 0.05) is 24.6 Å². The molecule has 130 valence electrons. The Bertz CT molecular complexity index is 810. The molecule has 1 aliphatic heterocycles. The molecule has 0 bridgehead atoms. The van der Waals surface area contributed by atoms with Crippen molar-refractivity contribution >= 4 is 5.57 Å². The van der Waals surface area contributed by atoms with E-state index in [1.807, 2.05) is 6.07 Å². The Morgan fingerprint density at radius 1 is 1.00 bits per heavy atom. The van der Waals surface area contributed by atoms with Crippen LogP contribution in [0.1, 0.15) is 29.0 Å². The second kappa shape index (κ2) is 6.57. The molecule has 0 fully saturated rings. The molecule has 0 saturated heterocycles. The zero-order chi connectivity index (χ0) is 17.4. The average molecular weight is 335 g/mol. The Morgan fingerprint density at radius 2 is 1.80 bits per heavy atom. The summed E-state index contributed by atoms with van der Waals surface area (Å²) < 4.78 is 11.3. The van der Waals surface area contributed by atoms with Crippen molar-refractivity contribution in [2.45, 2.75) is 18.8 Å². The summed E-state index contributed by atoms with van der Waals surface area (Å²) in [5.41, 5.74) is 7.10. The fourth-order valence-electron chi connectivity index (χ4n) is 4.36. The SMILES string of the molecule is COc1ccc2c(c1OC)CC(c1ccccc1)C1=C2CN(C)CC1. The summed E-state index contributed by atoms with van der Waals surface area (Å²) in [5, 5.41) is 0. The molecular weight excluding hydrogens is 310 g/mol. The van der Waals surface area contributed by atoms with Crippen molar-refractivity contribution in [2.24, 2.45) is 0 Å². The van der Waals surface area contributed by atoms with Crippen LogP contribution in [-0.4, -0.2) is 39.3 Å². The highest BCUT2D eigenvalue weighted by atomic mass is 16.5. The average Bonchev–Trinajstić information content (AvgIpc) is 2.66. The minimum absolute atomic E-state index is 0.429. The van der Waals surface area contributed by atoms with Gasteiger partial charge in [-0.3, -0.25) is 0 Å². The normalized spacial score (nSPS) is 20.0. The van der Waals surface area contributed by atoms with Gasteiger partial charge in [-0.05, 0) is 42.7 Å². The van der Waals surface area contributed by atoms with Crippen molar-refractivity contribution < 1.29 is 9.47 Å². The molecular formula is C22H25NO2. The van der Waals surface area contributed by atoms with E-state index in [9.17, 15) is 0 Å². The highest BCUT2D eigenvalue weighted by Crippen LogP contribution is 2.48. The standard InChI is InChI=1S/C22H25NO2/c1-23-12-11-17-18(15-7-5-4-6-8-15)13-19-16(20(17)14-23)9-10-21(24-2)22(19)25-3/h4-10,18H,11-14H2,1-3H3. The minimum atomic E-state index is 0.429. The smallest absolute Gasteiger partial charge is 0.164 e. The monoisotopic (exact) mass is 335 g/mol. The number of nitrogens with zero attached hydrogens (tertiary/aromatic N) is 1. The molecule has 0 amide bonds. The first-order chi connectivity index (χ1) is 12.2. The predicted octanol–water partition coefficient (Wildman–Crippen LogP) is 4.13. The Kier molecular flexibility index (Phi) is 4.26. The Hall–Kier alpha value is -2.26. The van der Waals surface area contributed by atoms with E-state index in [4.69, 9.17) is 9.47 Å². The lowest BCUT2D eigenvalue weighted by Crippen LogP contribution is -2.31. The van der Waals surface area contributed by atoms with Crippen LogP contribution in [0, 0.1) is 0 Å². The maximum Gasteiger partial charge on any atom is 0.164 e. The van der Waals surface area contributed by atoms with Gasteiger partial charge in [0.25, 0.3) is 0 Å². The van der Waals surface area contributed by atoms with Crippen molar-refractivity contribution in [1.29, 1.82) is 0 Å². The molecule has 0 saturated carbocycles. The maximum atomic E-state index is 5.76. The molecule has 1 heterocycles. The molecule has 0 N–H and O–H groups in total. The van der Waals surface area contributed by atoms with E-state index in [1.165, 1.54) is 22.3 Å². The van der Waals surface area contributed by atoms with Crippen LogP contribution in [0.5, 0.6) is 11.5 Å². The van der Waals surface area contributed by atoms with Crippen molar-refractivity contribution in [1.82, 2.24) is 4.90 Å². The van der Waals surface area contributed by atoms with Crippen LogP contribution in [0.2, 0.25) is 0 Å². The van der Waals surface area contributed by atoms with Crippen LogP contribution in [0.25, 0.3) is 5.57 Å². The van der Waals surface area contributed by atoms with Gasteiger partial charge in [0.1, 0.15) is 0 Å². The van der Waals surface area contributed by atoms with Crippen molar-refractivity contribution in [3.05, 3.63) is 64.7 Å². The predicted molar refractivity (Wildman–Crippen MR) is 101 cm³/mol. The summed E-state index contributed by atoms with van der Waals surface area (Å²) in [7, 11) is 5.66. The Balaban J connectivity index is 1.91. The molecule has 2 aliphatic rings. The lowest BCUT2D eigenvalue weighted by Gasteiger charge is -2.37. The second-order valence-corrected chi connectivity index (χ2v) is 6.99. The number of hydrogen-bond donors (Lipinski definition) is 0. The highest BCUT2D eigenvalue weighted by molar-refractivity contribution is 5.79. The molecule has 2 aromatic rings. The van der Waals surface area contributed by atoms with Crippen LogP contribution in [0.4, 0.5) is 0 Å². The van der Waals surface area contributed by atoms with Crippen molar-refractivity contribution in [3.63, 3.8) is 0 Å². The summed E-state index contributed by atoms with van der Waals surface area (Å²) in [4.78, 5) is 2.41. The third kappa shape index (κ3) is 2.73. The Labute approximate surface area is 149 Å². The van der Waals surface area contributed by atoms with Crippen molar-refractivity contribution in [2.75, 3.05) is 34.4 Å². The summed E-state index contributed by atoms with van der Waals surface area (Å²) in [5.74, 6) is 2.14. The van der Waals surface area contributed by atoms with Gasteiger partial charge in [0.15, 0.2) is 11.5 Å². The third-order valence-electron chi connectivity index (χ3n) is 5.58. The van der Waals surface area contributed by atoms with Gasteiger partial charge < -0.3 is 14.4 Å². The number of methoxy groups -OCH3 is 2. The number of fused-ring (bicyclic) bond motifs is 2. The van der Waals surface area contributed by atoms with E-state index in [0.29, 0.717) is 5.92 Å². The number of benzene rings is 2. The Morgan fingerprint density at radius 3 is 2.52 bits per heavy atom. The lowest BCUT2D eigenvalue weighted by atomic mass is 9.73. The first-order valence-electron chi connectivity index (χ1n) is 8.92. The minimum Gasteiger partial charge on any atom is -0.493 e. The molecule has 1 atom stereocenters. The third-order valence-corrected chi connectivity index (χ3v) is 5.58. The van der Waals surface area contributed by atoms with Gasteiger partial charge in [0.2, 0.25) is 0 Å². The van der Waals surface area contributed by atoms with Crippen LogP contribution in [0.15, 0.2) is 48.0 Å². The lowest BCUT2D eigenvalue weighted by molar-refractivity contribution is 0.345. The maximum absolute atomic E-state index is 5.76. The zero-order valence-electron chi connectivity index (χ0n) is 15.2. The van der Waals surface area contributed by atoms with Crippen LogP contribution >= 0.6 is 0 Å². The van der Waals surface area contributed by atoms with E-state index in [1.54, 1.807) is 19.8 Å². The second-order valence-electron chi connectivity index (χ2n) is 6.99. The summed E-state index contributed by atoms with van der Waals surface area (Å²) in [6.07, 6.45) is 2.11. The largest absolute Gasteiger partial charge is 0.493 e. The van der Waals surface area contributed by atoms with E-state index in [0.717, 1.165) is 37.4 Å². The summed E-state index contributed by atoms with van der Waals surface area (Å²) in [6, 6.07) is 15.1. The summed E-state index contributed by atoms with van der Waals surface area (Å²) >= 11 is 0. The van der Waals surface area contributed by atoms with E-state index in [2.05, 4.69) is 48.3 Å². The van der Waals surface area contributed by atoms with Gasteiger partial charge in [-0.25, -0.2) is 0 Å². The van der Waals surface area contributed by atoms with Gasteiger partial charge in [0.05, 0.1) is 14.2 Å². The number of rotatable bonds is 3. The molecule has 2 aromatic carbocycles. The molecule has 1 unspecified atom stereocenters. The fraction of sp³-hybridized carbons (Fsp3) is 0.364. The molecule has 3 heteroatoms. The molecule has 1 aliphatic carbocycles. The number of ether oxygens (including phenoxy) is 2. The molecule has 25 heavy (non-hydrogen) atoms. The first-order valence-corrected chi connectivity index (χ1v) is 8.92. The van der Waals surface area contributed by atoms with E-state index < -0.39 is 0 Å². The quantitative estimate of drug-likeness (QED) is 0.842. The van der Waals surface area contributed by atoms with Gasteiger partial charge >= 0.3 is 0 Å².